The Kier molecular flexibility index (Phi) is 3.04. The van der Waals surface area contributed by atoms with E-state index < -0.39 is 0 Å². The van der Waals surface area contributed by atoms with Gasteiger partial charge in [0, 0.05) is 23.5 Å². The minimum Gasteiger partial charge on any atom is -0.399 e. The second-order valence-electron chi connectivity index (χ2n) is 4.71. The molecule has 0 spiro atoms. The number of anilines is 2. The first-order chi connectivity index (χ1) is 9.24. The zero-order valence-electron chi connectivity index (χ0n) is 10.5. The van der Waals surface area contributed by atoms with Crippen LogP contribution in [0.4, 0.5) is 11.4 Å². The van der Waals surface area contributed by atoms with Gasteiger partial charge in [-0.1, -0.05) is 0 Å². The monoisotopic (exact) mass is 260 g/mol. The van der Waals surface area contributed by atoms with Crippen LogP contribution in [0.25, 0.3) is 11.4 Å². The van der Waals surface area contributed by atoms with E-state index in [2.05, 4.69) is 15.5 Å². The summed E-state index contributed by atoms with van der Waals surface area (Å²) >= 11 is 0. The summed E-state index contributed by atoms with van der Waals surface area (Å²) in [4.78, 5) is 0. The van der Waals surface area contributed by atoms with E-state index in [1.807, 2.05) is 12.1 Å². The third-order valence-electron chi connectivity index (χ3n) is 3.21. The summed E-state index contributed by atoms with van der Waals surface area (Å²) < 4.78 is 7.28. The van der Waals surface area contributed by atoms with E-state index in [1.54, 1.807) is 10.7 Å². The van der Waals surface area contributed by atoms with Crippen molar-refractivity contribution in [2.45, 2.75) is 18.9 Å². The van der Waals surface area contributed by atoms with Crippen molar-refractivity contribution >= 4 is 11.4 Å². The molecule has 7 nitrogen and oxygen atoms in total. The van der Waals surface area contributed by atoms with Gasteiger partial charge in [0.15, 0.2) is 5.82 Å². The molecule has 100 valence electrons. The molecule has 1 aliphatic rings. The summed E-state index contributed by atoms with van der Waals surface area (Å²) in [6, 6.07) is 5.52. The highest BCUT2D eigenvalue weighted by Gasteiger charge is 2.21. The molecule has 0 aliphatic carbocycles. The average molecular weight is 260 g/mol. The quantitative estimate of drug-likeness (QED) is 0.776. The van der Waals surface area contributed by atoms with Gasteiger partial charge in [0.2, 0.25) is 0 Å². The fourth-order valence-electron chi connectivity index (χ4n) is 2.35. The van der Waals surface area contributed by atoms with Crippen LogP contribution >= 0.6 is 0 Å². The molecule has 0 saturated carbocycles. The minimum atomic E-state index is 0.168. The Bertz CT molecular complexity index is 555. The Labute approximate surface area is 110 Å². The molecule has 1 aromatic carbocycles. The van der Waals surface area contributed by atoms with E-state index >= 15 is 0 Å². The van der Waals surface area contributed by atoms with Crippen molar-refractivity contribution < 1.29 is 4.74 Å². The summed E-state index contributed by atoms with van der Waals surface area (Å²) in [6.45, 7) is 1.44. The smallest absolute Gasteiger partial charge is 0.182 e. The van der Waals surface area contributed by atoms with Crippen LogP contribution in [0.15, 0.2) is 18.2 Å². The van der Waals surface area contributed by atoms with Gasteiger partial charge in [-0.3, -0.25) is 0 Å². The van der Waals surface area contributed by atoms with Crippen LogP contribution < -0.4 is 11.5 Å². The van der Waals surface area contributed by atoms with Crippen molar-refractivity contribution in [2.75, 3.05) is 24.7 Å². The van der Waals surface area contributed by atoms with Crippen LogP contribution in [0.2, 0.25) is 0 Å². The first-order valence-electron chi connectivity index (χ1n) is 6.26. The fourth-order valence-corrected chi connectivity index (χ4v) is 2.35. The first kappa shape index (κ1) is 11.9. The number of aromatic nitrogens is 4. The second kappa shape index (κ2) is 4.85. The highest BCUT2D eigenvalue weighted by atomic mass is 16.5. The summed E-state index contributed by atoms with van der Waals surface area (Å²) in [6.07, 6.45) is 2.03. The van der Waals surface area contributed by atoms with Crippen molar-refractivity contribution in [3.63, 3.8) is 0 Å². The molecule has 2 aromatic rings. The zero-order chi connectivity index (χ0) is 13.2. The van der Waals surface area contributed by atoms with Gasteiger partial charge in [0.05, 0.1) is 12.6 Å². The number of nitrogen functional groups attached to an aromatic ring is 2. The number of ether oxygens (including phenoxy) is 1. The molecule has 1 atom stereocenters. The van der Waals surface area contributed by atoms with Crippen LogP contribution in [-0.2, 0) is 4.74 Å². The van der Waals surface area contributed by atoms with Gasteiger partial charge in [-0.25, -0.2) is 4.68 Å². The molecular formula is C12H16N6O. The maximum absolute atomic E-state index is 5.81. The number of tetrazole rings is 1. The topological polar surface area (TPSA) is 105 Å². The minimum absolute atomic E-state index is 0.168. The molecule has 0 bridgehead atoms. The standard InChI is InChI=1S/C12H16N6O/c13-9-4-8(5-10(14)6-9)12-15-16-17-18(12)11-2-1-3-19-7-11/h4-6,11H,1-3,7,13-14H2. The van der Waals surface area contributed by atoms with E-state index in [0.29, 0.717) is 23.8 Å². The second-order valence-corrected chi connectivity index (χ2v) is 4.71. The number of nitrogens with zero attached hydrogens (tertiary/aromatic N) is 4. The Morgan fingerprint density at radius 2 is 2.00 bits per heavy atom. The van der Waals surface area contributed by atoms with Gasteiger partial charge in [0.25, 0.3) is 0 Å². The van der Waals surface area contributed by atoms with Crippen molar-refractivity contribution in [3.05, 3.63) is 18.2 Å². The SMILES string of the molecule is Nc1cc(N)cc(-c2nnnn2C2CCCOC2)c1. The average Bonchev–Trinajstić information content (AvgIpc) is 2.88. The number of benzene rings is 1. The van der Waals surface area contributed by atoms with Gasteiger partial charge in [-0.05, 0) is 41.5 Å². The summed E-state index contributed by atoms with van der Waals surface area (Å²) in [5.74, 6) is 0.675. The predicted octanol–water partition coefficient (Wildman–Crippen LogP) is 0.856. The van der Waals surface area contributed by atoms with Gasteiger partial charge < -0.3 is 16.2 Å². The Morgan fingerprint density at radius 1 is 1.21 bits per heavy atom. The Balaban J connectivity index is 1.98. The van der Waals surface area contributed by atoms with E-state index in [9.17, 15) is 0 Å². The Hall–Kier alpha value is -2.15. The van der Waals surface area contributed by atoms with Crippen molar-refractivity contribution in [3.8, 4) is 11.4 Å². The van der Waals surface area contributed by atoms with E-state index in [1.165, 1.54) is 0 Å². The van der Waals surface area contributed by atoms with Gasteiger partial charge in [0.1, 0.15) is 0 Å². The molecule has 3 rings (SSSR count). The number of hydrogen-bond acceptors (Lipinski definition) is 6. The lowest BCUT2D eigenvalue weighted by molar-refractivity contribution is 0.0548. The third kappa shape index (κ3) is 2.37. The maximum Gasteiger partial charge on any atom is 0.182 e. The lowest BCUT2D eigenvalue weighted by Gasteiger charge is -2.22. The maximum atomic E-state index is 5.81. The molecule has 19 heavy (non-hydrogen) atoms. The molecule has 1 aromatic heterocycles. The molecule has 1 saturated heterocycles. The largest absolute Gasteiger partial charge is 0.399 e. The molecule has 1 unspecified atom stereocenters. The number of hydrogen-bond donors (Lipinski definition) is 2. The number of nitrogens with two attached hydrogens (primary N) is 2. The zero-order valence-corrected chi connectivity index (χ0v) is 10.5. The van der Waals surface area contributed by atoms with Crippen LogP contribution in [0.5, 0.6) is 0 Å². The molecule has 4 N–H and O–H groups in total. The van der Waals surface area contributed by atoms with Crippen molar-refractivity contribution in [1.29, 1.82) is 0 Å². The van der Waals surface area contributed by atoms with E-state index in [4.69, 9.17) is 16.2 Å². The molecule has 0 radical (unpaired) electrons. The van der Waals surface area contributed by atoms with Crippen LogP contribution in [0, 0.1) is 0 Å². The van der Waals surface area contributed by atoms with E-state index in [0.717, 1.165) is 25.0 Å². The lowest BCUT2D eigenvalue weighted by atomic mass is 10.1. The van der Waals surface area contributed by atoms with Gasteiger partial charge >= 0.3 is 0 Å². The molecule has 7 heteroatoms. The van der Waals surface area contributed by atoms with Crippen molar-refractivity contribution in [1.82, 2.24) is 20.2 Å². The van der Waals surface area contributed by atoms with Crippen LogP contribution in [0.3, 0.4) is 0 Å². The predicted molar refractivity (Wildman–Crippen MR) is 71.2 cm³/mol. The van der Waals surface area contributed by atoms with Crippen molar-refractivity contribution in [2.24, 2.45) is 0 Å². The van der Waals surface area contributed by atoms with Gasteiger partial charge in [-0.2, -0.15) is 0 Å². The first-order valence-corrected chi connectivity index (χ1v) is 6.26. The summed E-state index contributed by atoms with van der Waals surface area (Å²) in [5, 5.41) is 11.9. The van der Waals surface area contributed by atoms with Gasteiger partial charge in [-0.15, -0.1) is 5.10 Å². The summed E-state index contributed by atoms with van der Waals surface area (Å²) in [5.41, 5.74) is 13.7. The highest BCUT2D eigenvalue weighted by molar-refractivity contribution is 5.67. The third-order valence-corrected chi connectivity index (χ3v) is 3.21. The number of rotatable bonds is 2. The van der Waals surface area contributed by atoms with Crippen LogP contribution in [-0.4, -0.2) is 33.4 Å². The molecule has 0 amide bonds. The summed E-state index contributed by atoms with van der Waals surface area (Å²) in [7, 11) is 0. The molecule has 1 aliphatic heterocycles. The van der Waals surface area contributed by atoms with Crippen LogP contribution in [0.1, 0.15) is 18.9 Å². The normalized spacial score (nSPS) is 19.5. The fraction of sp³-hybridized carbons (Fsp3) is 0.417. The highest BCUT2D eigenvalue weighted by Crippen LogP contribution is 2.27. The Morgan fingerprint density at radius 3 is 2.68 bits per heavy atom. The molecule has 1 fully saturated rings. The molecule has 2 heterocycles. The molecular weight excluding hydrogens is 244 g/mol. The lowest BCUT2D eigenvalue weighted by Crippen LogP contribution is -2.23. The van der Waals surface area contributed by atoms with E-state index in [-0.39, 0.29) is 6.04 Å².